The van der Waals surface area contributed by atoms with Crippen LogP contribution >= 0.6 is 0 Å². The fourth-order valence-electron chi connectivity index (χ4n) is 14.2. The lowest BCUT2D eigenvalue weighted by molar-refractivity contribution is -0.156. The van der Waals surface area contributed by atoms with Crippen molar-refractivity contribution in [2.24, 2.45) is 58.5 Å². The first-order valence-electron chi connectivity index (χ1n) is 35.0. The van der Waals surface area contributed by atoms with Crippen LogP contribution in [0.2, 0.25) is 0 Å². The molecule has 2 aliphatic heterocycles. The van der Waals surface area contributed by atoms with Gasteiger partial charge in [-0.05, 0) is 113 Å². The molecule has 0 spiro atoms. The van der Waals surface area contributed by atoms with Crippen molar-refractivity contribution in [2.75, 3.05) is 81.0 Å². The average Bonchev–Trinajstić information content (AvgIpc) is 1.80. The number of ether oxygens (including phenoxy) is 3. The zero-order chi connectivity index (χ0) is 72.6. The Bertz CT molecular complexity index is 2920. The molecule has 542 valence electrons. The van der Waals surface area contributed by atoms with Gasteiger partial charge in [0, 0.05) is 123 Å². The van der Waals surface area contributed by atoms with E-state index in [1.165, 1.54) is 14.2 Å². The molecule has 23 nitrogen and oxygen atoms in total. The van der Waals surface area contributed by atoms with Crippen LogP contribution in [-0.2, 0) is 75.1 Å². The Balaban J connectivity index is 1.45. The van der Waals surface area contributed by atoms with E-state index in [1.54, 1.807) is 85.8 Å². The second-order valence-corrected chi connectivity index (χ2v) is 28.7. The summed E-state index contributed by atoms with van der Waals surface area (Å²) in [5, 5.41) is 8.23. The van der Waals surface area contributed by atoms with Gasteiger partial charge >= 0.3 is 12.0 Å². The third-order valence-corrected chi connectivity index (χ3v) is 20.2. The number of methoxy groups -OCH3 is 3. The zero-order valence-electron chi connectivity index (χ0n) is 61.2. The summed E-state index contributed by atoms with van der Waals surface area (Å²) in [6, 6.07) is 13.4. The highest BCUT2D eigenvalue weighted by molar-refractivity contribution is 5.98. The smallest absolute Gasteiger partial charge is 0.312 e. The van der Waals surface area contributed by atoms with E-state index in [-0.39, 0.29) is 141 Å². The number of carbonyl (C=O) groups is 11. The van der Waals surface area contributed by atoms with E-state index in [0.717, 1.165) is 11.1 Å². The minimum atomic E-state index is -0.960. The normalized spacial score (nSPS) is 17.8. The van der Waals surface area contributed by atoms with Gasteiger partial charge in [-0.15, -0.1) is 0 Å². The number of likely N-dealkylation sites (tertiary alicyclic amines) is 2. The Hall–Kier alpha value is -7.11. The molecule has 11 atom stereocenters. The summed E-state index contributed by atoms with van der Waals surface area (Å²) >= 11 is 0. The maximum atomic E-state index is 14.7. The topological polar surface area (TPSA) is 294 Å². The monoisotopic (exact) mass is 1360 g/mol. The van der Waals surface area contributed by atoms with Crippen LogP contribution in [0.5, 0.6) is 0 Å². The van der Waals surface area contributed by atoms with Crippen LogP contribution in [0.15, 0.2) is 54.6 Å². The fourth-order valence-corrected chi connectivity index (χ4v) is 14.2. The number of benzene rings is 2. The Labute approximate surface area is 577 Å². The molecule has 0 aromatic heterocycles. The number of Topliss-reactive ketones (excluding diaryl/α,β-unsaturated/α-hetero) is 3. The van der Waals surface area contributed by atoms with Crippen LogP contribution in [0.1, 0.15) is 164 Å². The molecule has 8 amide bonds. The number of anilines is 1. The lowest BCUT2D eigenvalue weighted by atomic mass is 9.80. The zero-order valence-corrected chi connectivity index (χ0v) is 61.2. The molecule has 2 saturated heterocycles. The number of likely N-dealkylation sites (N-methyl/N-ethyl adjacent to an activating group) is 2. The van der Waals surface area contributed by atoms with Crippen molar-refractivity contribution in [3.63, 3.8) is 0 Å². The highest BCUT2D eigenvalue weighted by atomic mass is 16.5. The fraction of sp³-hybridized carbons (Fsp3) is 0.689. The number of ketones is 3. The molecular formula is C74H117N9O14. The van der Waals surface area contributed by atoms with Gasteiger partial charge in [0.2, 0.25) is 35.4 Å². The van der Waals surface area contributed by atoms with Gasteiger partial charge in [-0.3, -0.25) is 52.8 Å². The van der Waals surface area contributed by atoms with Crippen LogP contribution in [-0.4, -0.2) is 201 Å². The van der Waals surface area contributed by atoms with E-state index in [9.17, 15) is 52.7 Å². The Morgan fingerprint density at radius 1 is 0.691 bits per heavy atom. The van der Waals surface area contributed by atoms with Gasteiger partial charge in [0.05, 0.1) is 55.3 Å². The summed E-state index contributed by atoms with van der Waals surface area (Å²) < 4.78 is 17.3. The molecule has 2 heterocycles. The molecule has 97 heavy (non-hydrogen) atoms. The quantitative estimate of drug-likeness (QED) is 0.0364. The Morgan fingerprint density at radius 3 is 1.87 bits per heavy atom. The standard InChI is InChI=1S/C74H117N9O14/c1-18-49(8)67(81(14)71(92)56(46(2)3)43-60(86)66(48(6)7)79(11)12)61(95-15)44-64(89)83-37-23-27-57(83)68(96-16)50(9)58(84)42-54(40-51-24-20-19-21-25-51)70(91)80(13)45-52-28-30-55(31-29-52)77-69(90)53(26-22-36-76-73(75)94)41-59(85)65(47(4)5)78-62(87)32-33-63(88)82-38-34-74(10,35-39-82)72(93)97-17/h19-21,24-25,28-31,46-50,53-54,56-57,61,65-68H,18,22-23,26-27,32-45H2,1-17H3,(H,77,90)(H,78,87)(H3,75,76,94)/t49-,50-,53+,54+,56-,57-,61+,65-,66-,67-,68+/m0/s1. The van der Waals surface area contributed by atoms with Crippen molar-refractivity contribution >= 4 is 70.5 Å². The maximum Gasteiger partial charge on any atom is 0.312 e. The van der Waals surface area contributed by atoms with Crippen LogP contribution in [0, 0.1) is 52.8 Å². The summed E-state index contributed by atoms with van der Waals surface area (Å²) in [5.41, 5.74) is 6.64. The molecule has 2 aromatic rings. The van der Waals surface area contributed by atoms with E-state index >= 15 is 0 Å². The average molecular weight is 1360 g/mol. The Morgan fingerprint density at radius 2 is 1.32 bits per heavy atom. The number of carbonyl (C=O) groups excluding carboxylic acids is 11. The Kier molecular flexibility index (Phi) is 33.5. The molecule has 0 unspecified atom stereocenters. The summed E-state index contributed by atoms with van der Waals surface area (Å²) in [5.74, 6) is -6.11. The summed E-state index contributed by atoms with van der Waals surface area (Å²) in [6.07, 6.45) is 1.73. The van der Waals surface area contributed by atoms with Crippen LogP contribution < -0.4 is 21.7 Å². The first kappa shape index (κ1) is 82.3. The van der Waals surface area contributed by atoms with E-state index < -0.39 is 77.3 Å². The lowest BCUT2D eigenvalue weighted by Gasteiger charge is -2.41. The van der Waals surface area contributed by atoms with E-state index in [0.29, 0.717) is 63.8 Å². The van der Waals surface area contributed by atoms with Crippen molar-refractivity contribution in [3.8, 4) is 0 Å². The lowest BCUT2D eigenvalue weighted by Crippen LogP contribution is -2.54. The first-order valence-corrected chi connectivity index (χ1v) is 35.0. The molecule has 23 heteroatoms. The number of nitrogens with zero attached hydrogens (tertiary/aromatic N) is 5. The largest absolute Gasteiger partial charge is 0.469 e. The summed E-state index contributed by atoms with van der Waals surface area (Å²) in [4.78, 5) is 159. The van der Waals surface area contributed by atoms with Crippen molar-refractivity contribution in [1.29, 1.82) is 0 Å². The minimum absolute atomic E-state index is 0.0127. The number of hydrogen-bond donors (Lipinski definition) is 4. The number of piperidine rings is 1. The number of urea groups is 1. The number of primary amides is 1. The molecule has 0 saturated carbocycles. The molecule has 0 bridgehead atoms. The van der Waals surface area contributed by atoms with Gasteiger partial charge in [0.1, 0.15) is 5.78 Å². The van der Waals surface area contributed by atoms with Gasteiger partial charge in [0.15, 0.2) is 11.6 Å². The van der Waals surface area contributed by atoms with Gasteiger partial charge < -0.3 is 55.5 Å². The van der Waals surface area contributed by atoms with Crippen LogP contribution in [0.25, 0.3) is 0 Å². The highest BCUT2D eigenvalue weighted by Crippen LogP contribution is 2.35. The molecule has 0 radical (unpaired) electrons. The second-order valence-electron chi connectivity index (χ2n) is 28.7. The molecule has 2 aromatic carbocycles. The van der Waals surface area contributed by atoms with Gasteiger partial charge in [0.25, 0.3) is 0 Å². The number of hydrogen-bond acceptors (Lipinski definition) is 15. The number of rotatable bonds is 40. The maximum absolute atomic E-state index is 14.7. The highest BCUT2D eigenvalue weighted by Gasteiger charge is 2.45. The van der Waals surface area contributed by atoms with Crippen molar-refractivity contribution in [2.45, 2.75) is 202 Å². The van der Waals surface area contributed by atoms with Crippen molar-refractivity contribution in [1.82, 2.24) is 35.1 Å². The van der Waals surface area contributed by atoms with Crippen LogP contribution in [0.3, 0.4) is 0 Å². The molecule has 2 aliphatic rings. The third kappa shape index (κ3) is 24.1. The predicted octanol–water partition coefficient (Wildman–Crippen LogP) is 7.89. The number of nitrogens with one attached hydrogen (secondary N) is 3. The van der Waals surface area contributed by atoms with Crippen LogP contribution in [0.4, 0.5) is 10.5 Å². The predicted molar refractivity (Wildman–Crippen MR) is 373 cm³/mol. The summed E-state index contributed by atoms with van der Waals surface area (Å²) in [6.45, 7) is 20.6. The third-order valence-electron chi connectivity index (χ3n) is 20.2. The van der Waals surface area contributed by atoms with E-state index in [2.05, 4.69) is 16.0 Å². The van der Waals surface area contributed by atoms with Crippen molar-refractivity contribution in [3.05, 3.63) is 65.7 Å². The first-order chi connectivity index (χ1) is 45.7. The SMILES string of the molecule is CC[C@H](C)[C@@H]([C@@H](CC(=O)N1CCC[C@H]1[C@H](OC)[C@@H](C)C(=O)C[C@@H](Cc1ccccc1)C(=O)N(C)Cc1ccc(NC(=O)[C@H](CCCNC(N)=O)CC(=O)[C@@H](NC(=O)CCC(=O)N2CCC(C)(C(=O)OC)CC2)C(C)C)cc1)OC)N(C)C(=O)[C@@H](CC(=O)[C@H](C(C)C)N(C)C)C(C)C. The van der Waals surface area contributed by atoms with E-state index in [4.69, 9.17) is 19.9 Å². The molecular weight excluding hydrogens is 1240 g/mol. The number of nitrogens with two attached hydrogens (primary N) is 1. The molecule has 4 rings (SSSR count). The van der Waals surface area contributed by atoms with E-state index in [1.807, 2.05) is 97.8 Å². The molecule has 2 fully saturated rings. The summed E-state index contributed by atoms with van der Waals surface area (Å²) in [7, 11) is 11.6. The van der Waals surface area contributed by atoms with Gasteiger partial charge in [-0.25, -0.2) is 4.79 Å². The number of amides is 8. The molecule has 5 N–H and O–H groups in total. The van der Waals surface area contributed by atoms with Gasteiger partial charge in [-0.2, -0.15) is 0 Å². The minimum Gasteiger partial charge on any atom is -0.469 e. The van der Waals surface area contributed by atoms with Gasteiger partial charge in [-0.1, -0.05) is 111 Å². The van der Waals surface area contributed by atoms with Crippen molar-refractivity contribution < 1.29 is 67.0 Å². The molecule has 0 aliphatic carbocycles. The number of esters is 1. The second kappa shape index (κ2) is 39.5.